The van der Waals surface area contributed by atoms with Crippen molar-refractivity contribution in [3.8, 4) is 0 Å². The molecule has 0 N–H and O–H groups in total. The molecule has 0 spiro atoms. The fraction of sp³-hybridized carbons (Fsp3) is 0.250. The number of fused-ring (bicyclic) bond motifs is 1. The second-order valence-electron chi connectivity index (χ2n) is 3.06. The van der Waals surface area contributed by atoms with Gasteiger partial charge in [-0.1, -0.05) is 6.07 Å². The summed E-state index contributed by atoms with van der Waals surface area (Å²) in [6.07, 6.45) is 0. The third-order valence-electron chi connectivity index (χ3n) is 2.12. The molecule has 1 aromatic carbocycles. The van der Waals surface area contributed by atoms with Crippen LogP contribution < -0.4 is 4.90 Å². The third-order valence-corrected chi connectivity index (χ3v) is 3.62. The molecule has 6 heteroatoms. The van der Waals surface area contributed by atoms with Crippen LogP contribution >= 0.6 is 0 Å². The minimum Gasteiger partial charge on any atom is -0.361 e. The van der Waals surface area contributed by atoms with Crippen LogP contribution in [0.15, 0.2) is 23.1 Å². The smallest absolute Gasteiger partial charge is 0.287 e. The minimum absolute atomic E-state index is 0.0508. The van der Waals surface area contributed by atoms with E-state index in [0.717, 1.165) is 0 Å². The number of hydrogen-bond donors (Lipinski definition) is 0. The van der Waals surface area contributed by atoms with E-state index in [-0.39, 0.29) is 5.69 Å². The van der Waals surface area contributed by atoms with Crippen molar-refractivity contribution >= 4 is 22.2 Å². The van der Waals surface area contributed by atoms with Crippen LogP contribution in [0.2, 0.25) is 0 Å². The van der Waals surface area contributed by atoms with Gasteiger partial charge in [0.2, 0.25) is 0 Å². The molecule has 0 saturated heterocycles. The Morgan fingerprint density at radius 3 is 2.93 bits per heavy atom. The molecule has 0 aromatic heterocycles. The van der Waals surface area contributed by atoms with Gasteiger partial charge in [-0.05, 0) is 6.07 Å². The number of nitro benzene ring substituents is 1. The van der Waals surface area contributed by atoms with Crippen LogP contribution in [0.3, 0.4) is 0 Å². The lowest BCUT2D eigenvalue weighted by Crippen LogP contribution is -2.13. The average molecular weight is 212 g/mol. The predicted molar refractivity (Wildman–Crippen MR) is 52.8 cm³/mol. The van der Waals surface area contributed by atoms with Gasteiger partial charge in [0.05, 0.1) is 27.3 Å². The van der Waals surface area contributed by atoms with Crippen LogP contribution in [-0.2, 0) is 10.8 Å². The molecule has 1 unspecified atom stereocenters. The lowest BCUT2D eigenvalue weighted by atomic mass is 10.2. The molecule has 5 nitrogen and oxygen atoms in total. The molecule has 1 atom stereocenters. The highest BCUT2D eigenvalue weighted by atomic mass is 32.2. The second kappa shape index (κ2) is 3.06. The summed E-state index contributed by atoms with van der Waals surface area (Å²) in [4.78, 5) is 12.3. The molecule has 0 bridgehead atoms. The minimum atomic E-state index is -1.28. The van der Waals surface area contributed by atoms with Gasteiger partial charge in [-0.3, -0.25) is 14.3 Å². The first-order valence-electron chi connectivity index (χ1n) is 3.98. The van der Waals surface area contributed by atoms with Gasteiger partial charge in [-0.15, -0.1) is 0 Å². The van der Waals surface area contributed by atoms with E-state index >= 15 is 0 Å². The fourth-order valence-electron chi connectivity index (χ4n) is 1.50. The highest BCUT2D eigenvalue weighted by Gasteiger charge is 2.30. The molecule has 1 heterocycles. The van der Waals surface area contributed by atoms with Crippen LogP contribution in [0.25, 0.3) is 0 Å². The Hall–Kier alpha value is -1.43. The number of benzene rings is 1. The van der Waals surface area contributed by atoms with Crippen molar-refractivity contribution in [2.45, 2.75) is 4.90 Å². The maximum Gasteiger partial charge on any atom is 0.287 e. The summed E-state index contributed by atoms with van der Waals surface area (Å²) in [7, 11) is 0.496. The zero-order valence-electron chi connectivity index (χ0n) is 7.47. The Balaban J connectivity index is 2.68. The topological polar surface area (TPSA) is 63.5 Å². The summed E-state index contributed by atoms with van der Waals surface area (Å²) >= 11 is 0. The van der Waals surface area contributed by atoms with Crippen LogP contribution in [0, 0.1) is 10.1 Å². The summed E-state index contributed by atoms with van der Waals surface area (Å²) < 4.78 is 11.6. The van der Waals surface area contributed by atoms with E-state index in [4.69, 9.17) is 0 Å². The van der Waals surface area contributed by atoms with Crippen LogP contribution in [0.4, 0.5) is 11.4 Å². The fourth-order valence-corrected chi connectivity index (χ4v) is 2.95. The van der Waals surface area contributed by atoms with E-state index in [1.165, 1.54) is 6.07 Å². The highest BCUT2D eigenvalue weighted by molar-refractivity contribution is 7.85. The largest absolute Gasteiger partial charge is 0.361 e. The normalized spacial score (nSPS) is 19.5. The quantitative estimate of drug-likeness (QED) is 0.516. The van der Waals surface area contributed by atoms with Gasteiger partial charge in [0, 0.05) is 13.1 Å². The zero-order valence-corrected chi connectivity index (χ0v) is 8.28. The number of hydrogen-bond acceptors (Lipinski definition) is 4. The monoisotopic (exact) mass is 212 g/mol. The Labute approximate surface area is 82.9 Å². The van der Waals surface area contributed by atoms with Gasteiger partial charge in [-0.25, -0.2) is 0 Å². The van der Waals surface area contributed by atoms with Crippen LogP contribution in [0.5, 0.6) is 0 Å². The van der Waals surface area contributed by atoms with Crippen molar-refractivity contribution in [2.75, 3.05) is 17.8 Å². The molecule has 1 aliphatic heterocycles. The zero-order chi connectivity index (χ0) is 10.3. The molecular weight excluding hydrogens is 204 g/mol. The average Bonchev–Trinajstić information content (AvgIpc) is 2.43. The van der Waals surface area contributed by atoms with E-state index in [1.807, 2.05) is 0 Å². The molecule has 0 radical (unpaired) electrons. The molecule has 14 heavy (non-hydrogen) atoms. The van der Waals surface area contributed by atoms with E-state index in [0.29, 0.717) is 16.5 Å². The molecule has 0 amide bonds. The number of anilines is 1. The maximum atomic E-state index is 11.6. The standard InChI is InChI=1S/C8H8N2O3S/c1-9-5-14(13)8-6(9)3-2-4-7(8)10(11)12/h2-4H,5H2,1H3. The van der Waals surface area contributed by atoms with Gasteiger partial charge >= 0.3 is 0 Å². The van der Waals surface area contributed by atoms with Crippen molar-refractivity contribution in [2.24, 2.45) is 0 Å². The predicted octanol–water partition coefficient (Wildman–Crippen LogP) is 1.11. The Morgan fingerprint density at radius 1 is 1.57 bits per heavy atom. The van der Waals surface area contributed by atoms with Crippen LogP contribution in [0.1, 0.15) is 0 Å². The van der Waals surface area contributed by atoms with Gasteiger partial charge < -0.3 is 4.90 Å². The molecule has 2 rings (SSSR count). The SMILES string of the molecule is CN1CS(=O)c2c1cccc2[N+](=O)[O-]. The second-order valence-corrected chi connectivity index (χ2v) is 4.41. The van der Waals surface area contributed by atoms with Crippen molar-refractivity contribution in [3.05, 3.63) is 28.3 Å². The molecule has 0 aliphatic carbocycles. The molecule has 1 aromatic rings. The Bertz CT molecular complexity index is 433. The summed E-state index contributed by atoms with van der Waals surface area (Å²) in [5.41, 5.74) is 0.641. The molecular formula is C8H8N2O3S. The van der Waals surface area contributed by atoms with E-state index in [2.05, 4.69) is 0 Å². The van der Waals surface area contributed by atoms with Crippen molar-refractivity contribution in [3.63, 3.8) is 0 Å². The molecule has 0 saturated carbocycles. The van der Waals surface area contributed by atoms with E-state index in [9.17, 15) is 14.3 Å². The number of nitrogens with zero attached hydrogens (tertiary/aromatic N) is 2. The first-order valence-corrected chi connectivity index (χ1v) is 5.30. The molecule has 74 valence electrons. The highest BCUT2D eigenvalue weighted by Crippen LogP contribution is 2.36. The Morgan fingerprint density at radius 2 is 2.29 bits per heavy atom. The van der Waals surface area contributed by atoms with Crippen molar-refractivity contribution < 1.29 is 9.13 Å². The summed E-state index contributed by atoms with van der Waals surface area (Å²) in [5, 5.41) is 10.7. The lowest BCUT2D eigenvalue weighted by Gasteiger charge is -2.08. The van der Waals surface area contributed by atoms with Crippen molar-refractivity contribution in [1.82, 2.24) is 0 Å². The van der Waals surface area contributed by atoms with E-state index in [1.54, 1.807) is 24.1 Å². The number of rotatable bonds is 1. The molecule has 1 aliphatic rings. The van der Waals surface area contributed by atoms with E-state index < -0.39 is 15.7 Å². The first-order chi connectivity index (χ1) is 6.61. The summed E-state index contributed by atoms with van der Waals surface area (Å²) in [6.45, 7) is 0. The summed E-state index contributed by atoms with van der Waals surface area (Å²) in [5.74, 6) is 0.334. The lowest BCUT2D eigenvalue weighted by molar-refractivity contribution is -0.387. The summed E-state index contributed by atoms with van der Waals surface area (Å²) in [6, 6.07) is 4.74. The number of nitro groups is 1. The third kappa shape index (κ3) is 1.19. The van der Waals surface area contributed by atoms with Gasteiger partial charge in [0.15, 0.2) is 0 Å². The van der Waals surface area contributed by atoms with Crippen LogP contribution in [-0.4, -0.2) is 22.1 Å². The first kappa shape index (κ1) is 9.14. The van der Waals surface area contributed by atoms with Gasteiger partial charge in [0.1, 0.15) is 4.90 Å². The van der Waals surface area contributed by atoms with Gasteiger partial charge in [-0.2, -0.15) is 0 Å². The molecule has 0 fully saturated rings. The maximum absolute atomic E-state index is 11.6. The van der Waals surface area contributed by atoms with Crippen molar-refractivity contribution in [1.29, 1.82) is 0 Å². The Kier molecular flexibility index (Phi) is 1.99. The van der Waals surface area contributed by atoms with Gasteiger partial charge in [0.25, 0.3) is 5.69 Å².